The summed E-state index contributed by atoms with van der Waals surface area (Å²) >= 11 is 1.40. The first kappa shape index (κ1) is 15.0. The maximum absolute atomic E-state index is 10.7. The van der Waals surface area contributed by atoms with Crippen LogP contribution < -0.4 is 5.32 Å². The van der Waals surface area contributed by atoms with Crippen molar-refractivity contribution in [1.82, 2.24) is 5.32 Å². The first-order valence-electron chi connectivity index (χ1n) is 4.60. The van der Waals surface area contributed by atoms with Crippen molar-refractivity contribution in [1.29, 1.82) is 0 Å². The summed E-state index contributed by atoms with van der Waals surface area (Å²) in [5.41, 5.74) is 0.995. The highest BCUT2D eigenvalue weighted by Gasteiger charge is 2.33. The summed E-state index contributed by atoms with van der Waals surface area (Å²) in [6.45, 7) is 0.521. The maximum atomic E-state index is 10.7. The highest BCUT2D eigenvalue weighted by atomic mass is 32.3. The lowest BCUT2D eigenvalue weighted by Crippen LogP contribution is -2.44. The number of thiophene rings is 1. The predicted octanol–water partition coefficient (Wildman–Crippen LogP) is -0.315. The minimum Gasteiger partial charge on any atom is -0.480 e. The van der Waals surface area contributed by atoms with Gasteiger partial charge in [0.2, 0.25) is 0 Å². The summed E-state index contributed by atoms with van der Waals surface area (Å²) < 4.78 is 31.6. The average Bonchev–Trinajstić information content (AvgIpc) is 2.63. The summed E-state index contributed by atoms with van der Waals surface area (Å²) in [6.07, 6.45) is -0.916. The van der Waals surface area contributed by atoms with Gasteiger partial charge < -0.3 is 10.2 Å². The van der Waals surface area contributed by atoms with Crippen molar-refractivity contribution in [2.75, 3.05) is 0 Å². The second kappa shape index (κ2) is 5.73. The number of aliphatic hydroxyl groups excluding tert-OH is 1. The number of hydrogen-bond donors (Lipinski definition) is 5. The lowest BCUT2D eigenvalue weighted by Gasteiger charge is -2.25. The van der Waals surface area contributed by atoms with E-state index in [1.54, 1.807) is 0 Å². The highest BCUT2D eigenvalue weighted by molar-refractivity contribution is 7.79. The van der Waals surface area contributed by atoms with Gasteiger partial charge >= 0.3 is 16.4 Å². The molecule has 0 spiro atoms. The predicted molar refractivity (Wildman–Crippen MR) is 61.7 cm³/mol. The van der Waals surface area contributed by atoms with Crippen LogP contribution in [0.4, 0.5) is 0 Å². The summed E-state index contributed by atoms with van der Waals surface area (Å²) in [5, 5.41) is 23.0. The van der Waals surface area contributed by atoms with E-state index in [-0.39, 0.29) is 0 Å². The van der Waals surface area contributed by atoms with Crippen LogP contribution in [0.2, 0.25) is 0 Å². The summed E-state index contributed by atoms with van der Waals surface area (Å²) in [6, 6.07) is 1.03. The molecule has 0 radical (unpaired) electrons. The first-order chi connectivity index (χ1) is 8.20. The average molecular weight is 297 g/mol. The van der Waals surface area contributed by atoms with Crippen LogP contribution in [0.25, 0.3) is 0 Å². The van der Waals surface area contributed by atoms with Crippen LogP contribution in [-0.4, -0.2) is 39.7 Å². The zero-order chi connectivity index (χ0) is 13.9. The molecule has 10 heteroatoms. The van der Waals surface area contributed by atoms with Crippen molar-refractivity contribution in [3.05, 3.63) is 21.9 Å². The number of hydrogen-bond acceptors (Lipinski definition) is 6. The molecule has 2 rings (SSSR count). The normalized spacial score (nSPS) is 22.6. The lowest BCUT2D eigenvalue weighted by atomic mass is 10.0. The van der Waals surface area contributed by atoms with Gasteiger partial charge in [-0.2, -0.15) is 8.42 Å². The number of aliphatic carboxylic acids is 1. The van der Waals surface area contributed by atoms with Gasteiger partial charge in [-0.1, -0.05) is 0 Å². The van der Waals surface area contributed by atoms with E-state index in [0.29, 0.717) is 6.54 Å². The van der Waals surface area contributed by atoms with Gasteiger partial charge in [-0.05, 0) is 17.0 Å². The molecule has 0 aliphatic carbocycles. The van der Waals surface area contributed by atoms with Gasteiger partial charge in [0.1, 0.15) is 12.1 Å². The molecule has 1 aromatic rings. The molecule has 0 bridgehead atoms. The molecule has 2 unspecified atom stereocenters. The molecule has 1 aromatic heterocycles. The maximum Gasteiger partial charge on any atom is 0.394 e. The molecule has 0 aromatic carbocycles. The minimum atomic E-state index is -4.67. The fraction of sp³-hybridized carbons (Fsp3) is 0.375. The number of rotatable bonds is 1. The number of fused-ring (bicyclic) bond motifs is 1. The van der Waals surface area contributed by atoms with E-state index in [4.69, 9.17) is 22.6 Å². The van der Waals surface area contributed by atoms with E-state index in [1.807, 2.05) is 11.4 Å². The number of carboxylic acid groups (broad SMARTS) is 1. The van der Waals surface area contributed by atoms with Gasteiger partial charge in [0.15, 0.2) is 0 Å². The van der Waals surface area contributed by atoms with Crippen molar-refractivity contribution in [3.63, 3.8) is 0 Å². The monoisotopic (exact) mass is 297 g/mol. The summed E-state index contributed by atoms with van der Waals surface area (Å²) in [4.78, 5) is 11.4. The fourth-order valence-electron chi connectivity index (χ4n) is 1.46. The molecule has 0 saturated carbocycles. The van der Waals surface area contributed by atoms with E-state index < -0.39 is 28.5 Å². The number of aliphatic hydroxyl groups is 1. The van der Waals surface area contributed by atoms with Crippen LogP contribution in [-0.2, 0) is 21.7 Å². The second-order valence-electron chi connectivity index (χ2n) is 3.40. The van der Waals surface area contributed by atoms with Crippen LogP contribution in [0.15, 0.2) is 11.4 Å². The standard InChI is InChI=1S/C8H9NO3S.H2O4S/c10-6-5(8(11)12)9-3-4-1-2-13-7(4)6;1-5(2,3)4/h1-2,5-6,9-10H,3H2,(H,11,12);(H2,1,2,3,4). The van der Waals surface area contributed by atoms with E-state index in [2.05, 4.69) is 5.32 Å². The van der Waals surface area contributed by atoms with E-state index in [9.17, 15) is 9.90 Å². The fourth-order valence-corrected chi connectivity index (χ4v) is 2.40. The van der Waals surface area contributed by atoms with Crippen molar-refractivity contribution < 1.29 is 32.5 Å². The van der Waals surface area contributed by atoms with Crippen molar-refractivity contribution >= 4 is 27.7 Å². The lowest BCUT2D eigenvalue weighted by molar-refractivity contribution is -0.143. The highest BCUT2D eigenvalue weighted by Crippen LogP contribution is 2.30. The Labute approximate surface area is 106 Å². The van der Waals surface area contributed by atoms with Crippen molar-refractivity contribution in [2.45, 2.75) is 18.7 Å². The van der Waals surface area contributed by atoms with Gasteiger partial charge in [0.25, 0.3) is 0 Å². The van der Waals surface area contributed by atoms with E-state index in [1.165, 1.54) is 11.3 Å². The molecule has 0 fully saturated rings. The Morgan fingerprint density at radius 2 is 2.00 bits per heavy atom. The first-order valence-corrected chi connectivity index (χ1v) is 6.88. The molecule has 5 N–H and O–H groups in total. The SMILES string of the molecule is O=C(O)C1NCc2ccsc2C1O.O=S(=O)(O)O. The van der Waals surface area contributed by atoms with E-state index in [0.717, 1.165) is 10.4 Å². The molecule has 18 heavy (non-hydrogen) atoms. The van der Waals surface area contributed by atoms with Gasteiger partial charge in [0, 0.05) is 11.4 Å². The Morgan fingerprint density at radius 1 is 1.44 bits per heavy atom. The minimum absolute atomic E-state index is 0.521. The molecular formula is C8H11NO7S2. The van der Waals surface area contributed by atoms with Crippen LogP contribution in [0.5, 0.6) is 0 Å². The Morgan fingerprint density at radius 3 is 2.50 bits per heavy atom. The third-order valence-corrected chi connectivity index (χ3v) is 3.17. The van der Waals surface area contributed by atoms with Gasteiger partial charge in [0.05, 0.1) is 0 Å². The largest absolute Gasteiger partial charge is 0.480 e. The van der Waals surface area contributed by atoms with E-state index >= 15 is 0 Å². The quantitative estimate of drug-likeness (QED) is 0.444. The zero-order valence-corrected chi connectivity index (χ0v) is 10.5. The Hall–Kier alpha value is -1.04. The van der Waals surface area contributed by atoms with Crippen LogP contribution >= 0.6 is 11.3 Å². The number of carboxylic acids is 1. The molecule has 2 heterocycles. The van der Waals surface area contributed by atoms with Crippen LogP contribution in [0.1, 0.15) is 16.5 Å². The summed E-state index contributed by atoms with van der Waals surface area (Å²) in [5.74, 6) is -1.01. The number of nitrogens with one attached hydrogen (secondary N) is 1. The van der Waals surface area contributed by atoms with Crippen molar-refractivity contribution in [2.24, 2.45) is 0 Å². The smallest absolute Gasteiger partial charge is 0.394 e. The molecule has 0 saturated heterocycles. The van der Waals surface area contributed by atoms with Gasteiger partial charge in [-0.15, -0.1) is 11.3 Å². The summed E-state index contributed by atoms with van der Waals surface area (Å²) in [7, 11) is -4.67. The molecule has 1 aliphatic heterocycles. The molecule has 102 valence electrons. The molecule has 1 aliphatic rings. The Bertz CT molecular complexity index is 515. The van der Waals surface area contributed by atoms with Crippen LogP contribution in [0.3, 0.4) is 0 Å². The number of carbonyl (C=O) groups is 1. The molecule has 2 atom stereocenters. The zero-order valence-electron chi connectivity index (χ0n) is 8.85. The van der Waals surface area contributed by atoms with Gasteiger partial charge in [-0.3, -0.25) is 19.2 Å². The molecule has 8 nitrogen and oxygen atoms in total. The topological polar surface area (TPSA) is 144 Å². The molecular weight excluding hydrogens is 286 g/mol. The second-order valence-corrected chi connectivity index (χ2v) is 5.24. The third-order valence-electron chi connectivity index (χ3n) is 2.14. The Kier molecular flexibility index (Phi) is 4.78. The third kappa shape index (κ3) is 4.33. The molecule has 0 amide bonds. The van der Waals surface area contributed by atoms with Crippen LogP contribution in [0, 0.1) is 0 Å². The Balaban J connectivity index is 0.000000280. The van der Waals surface area contributed by atoms with Crippen molar-refractivity contribution in [3.8, 4) is 0 Å². The van der Waals surface area contributed by atoms with Gasteiger partial charge in [-0.25, -0.2) is 0 Å².